The Balaban J connectivity index is 3.21. The van der Waals surface area contributed by atoms with Gasteiger partial charge in [-0.05, 0) is 44.9 Å². The Morgan fingerprint density at radius 2 is 0.935 bits per heavy atom. The molecule has 0 atom stereocenters. The van der Waals surface area contributed by atoms with E-state index in [1.54, 1.807) is 0 Å². The largest absolute Gasteiger partial charge is 0.331 e. The van der Waals surface area contributed by atoms with Gasteiger partial charge in [-0.2, -0.15) is 0 Å². The first-order chi connectivity index (χ1) is 15.0. The van der Waals surface area contributed by atoms with Crippen LogP contribution in [0.5, 0.6) is 0 Å². The molecule has 0 unspecified atom stereocenters. The van der Waals surface area contributed by atoms with Gasteiger partial charge in [0.1, 0.15) is 5.78 Å². The van der Waals surface area contributed by atoms with Crippen LogP contribution >= 0.6 is 0 Å². The molecule has 0 radical (unpaired) electrons. The summed E-state index contributed by atoms with van der Waals surface area (Å²) in [4.78, 5) is 11.9. The van der Waals surface area contributed by atoms with E-state index in [0.717, 1.165) is 30.2 Å². The summed E-state index contributed by atoms with van der Waals surface area (Å²) in [5.41, 5.74) is 0. The zero-order valence-electron chi connectivity index (χ0n) is 22.1. The van der Waals surface area contributed by atoms with Crippen molar-refractivity contribution in [2.75, 3.05) is 27.7 Å². The molecule has 0 amide bonds. The molecule has 0 aromatic heterocycles. The van der Waals surface area contributed by atoms with E-state index < -0.39 is 0 Å². The average molecular weight is 437 g/mol. The second kappa shape index (κ2) is 22.6. The summed E-state index contributed by atoms with van der Waals surface area (Å²) in [6.07, 6.45) is 31.6. The van der Waals surface area contributed by atoms with Crippen LogP contribution in [0, 0.1) is 0 Å². The van der Waals surface area contributed by atoms with Gasteiger partial charge >= 0.3 is 0 Å². The monoisotopic (exact) mass is 436 g/mol. The van der Waals surface area contributed by atoms with E-state index in [0.29, 0.717) is 5.78 Å². The number of quaternary nitrogens is 1. The Labute approximate surface area is 196 Å². The van der Waals surface area contributed by atoms with Gasteiger partial charge in [0, 0.05) is 12.8 Å². The lowest BCUT2D eigenvalue weighted by Gasteiger charge is -2.23. The first-order valence-electron chi connectivity index (χ1n) is 13.9. The van der Waals surface area contributed by atoms with Gasteiger partial charge in [-0.1, -0.05) is 96.1 Å². The maximum atomic E-state index is 11.9. The van der Waals surface area contributed by atoms with Gasteiger partial charge in [0.05, 0.1) is 27.7 Å². The molecule has 0 aliphatic heterocycles. The molecular formula is C29H58NO+. The van der Waals surface area contributed by atoms with E-state index in [1.807, 2.05) is 0 Å². The molecule has 184 valence electrons. The van der Waals surface area contributed by atoms with E-state index in [2.05, 4.69) is 40.2 Å². The summed E-state index contributed by atoms with van der Waals surface area (Å²) in [6, 6.07) is 0. The molecule has 0 aromatic rings. The molecule has 0 aliphatic rings. The van der Waals surface area contributed by atoms with Gasteiger partial charge in [-0.15, -0.1) is 0 Å². The zero-order chi connectivity index (χ0) is 23.0. The number of Topliss-reactive ketones (excluding diaryl/α,β-unsaturated/α-hetero) is 1. The van der Waals surface area contributed by atoms with Crippen molar-refractivity contribution in [3.8, 4) is 0 Å². The standard InChI is InChI=1S/C29H58NO/c1-5-6-7-8-9-10-11-12-13-14-15-16-17-18-19-20-21-22-23-26-29(31)27-24-25-28-30(2,3)4/h12-13H,5-11,14-28H2,1-4H3/q+1/b13-12-. The van der Waals surface area contributed by atoms with Crippen molar-refractivity contribution >= 4 is 5.78 Å². The maximum absolute atomic E-state index is 11.9. The smallest absolute Gasteiger partial charge is 0.132 e. The van der Waals surface area contributed by atoms with Gasteiger partial charge in [-0.3, -0.25) is 4.79 Å². The summed E-state index contributed by atoms with van der Waals surface area (Å²) in [5.74, 6) is 0.488. The normalized spacial score (nSPS) is 12.1. The molecule has 0 saturated carbocycles. The predicted molar refractivity (Wildman–Crippen MR) is 140 cm³/mol. The Hall–Kier alpha value is -0.630. The SMILES string of the molecule is CCCCCCCC/C=C\CCCCCCCCCCCC(=O)CCCC[N+](C)(C)C. The van der Waals surface area contributed by atoms with Gasteiger partial charge < -0.3 is 4.48 Å². The Kier molecular flexibility index (Phi) is 22.1. The summed E-state index contributed by atoms with van der Waals surface area (Å²) in [6.45, 7) is 3.45. The number of carbonyl (C=O) groups is 1. The number of allylic oxidation sites excluding steroid dienone is 2. The second-order valence-electron chi connectivity index (χ2n) is 10.8. The summed E-state index contributed by atoms with van der Waals surface area (Å²) < 4.78 is 1.00. The molecule has 0 heterocycles. The molecular weight excluding hydrogens is 378 g/mol. The number of ketones is 1. The van der Waals surface area contributed by atoms with Gasteiger partial charge in [0.2, 0.25) is 0 Å². The molecule has 2 nitrogen and oxygen atoms in total. The zero-order valence-corrected chi connectivity index (χ0v) is 22.1. The van der Waals surface area contributed by atoms with Gasteiger partial charge in [0.15, 0.2) is 0 Å². The van der Waals surface area contributed by atoms with Crippen LogP contribution in [0.3, 0.4) is 0 Å². The van der Waals surface area contributed by atoms with E-state index in [1.165, 1.54) is 116 Å². The summed E-state index contributed by atoms with van der Waals surface area (Å²) >= 11 is 0. The van der Waals surface area contributed by atoms with Crippen LogP contribution in [0.1, 0.15) is 142 Å². The Morgan fingerprint density at radius 3 is 1.39 bits per heavy atom. The van der Waals surface area contributed by atoms with Gasteiger partial charge in [-0.25, -0.2) is 0 Å². The van der Waals surface area contributed by atoms with Crippen molar-refractivity contribution in [2.45, 2.75) is 142 Å². The highest BCUT2D eigenvalue weighted by Crippen LogP contribution is 2.13. The fourth-order valence-corrected chi connectivity index (χ4v) is 4.13. The molecule has 0 bridgehead atoms. The molecule has 31 heavy (non-hydrogen) atoms. The van der Waals surface area contributed by atoms with E-state index in [4.69, 9.17) is 0 Å². The number of hydrogen-bond acceptors (Lipinski definition) is 1. The predicted octanol–water partition coefficient (Wildman–Crippen LogP) is 9.03. The van der Waals surface area contributed by atoms with Crippen LogP contribution in [-0.2, 0) is 4.79 Å². The van der Waals surface area contributed by atoms with E-state index in [9.17, 15) is 4.79 Å². The topological polar surface area (TPSA) is 17.1 Å². The Morgan fingerprint density at radius 1 is 0.548 bits per heavy atom. The molecule has 0 saturated heterocycles. The van der Waals surface area contributed by atoms with E-state index in [-0.39, 0.29) is 0 Å². The van der Waals surface area contributed by atoms with Crippen LogP contribution < -0.4 is 0 Å². The van der Waals surface area contributed by atoms with Crippen LogP contribution in [0.15, 0.2) is 12.2 Å². The van der Waals surface area contributed by atoms with E-state index >= 15 is 0 Å². The third kappa shape index (κ3) is 27.3. The minimum Gasteiger partial charge on any atom is -0.331 e. The first-order valence-corrected chi connectivity index (χ1v) is 13.9. The van der Waals surface area contributed by atoms with Gasteiger partial charge in [0.25, 0.3) is 0 Å². The number of carbonyl (C=O) groups excluding carboxylic acids is 1. The second-order valence-corrected chi connectivity index (χ2v) is 10.8. The van der Waals surface area contributed by atoms with Crippen molar-refractivity contribution in [1.29, 1.82) is 0 Å². The van der Waals surface area contributed by atoms with Crippen LogP contribution in [0.2, 0.25) is 0 Å². The number of rotatable bonds is 24. The van der Waals surface area contributed by atoms with Crippen molar-refractivity contribution in [1.82, 2.24) is 0 Å². The minimum atomic E-state index is 0.488. The molecule has 0 aliphatic carbocycles. The third-order valence-corrected chi connectivity index (χ3v) is 6.25. The first kappa shape index (κ1) is 30.4. The molecule has 0 aromatic carbocycles. The fraction of sp³-hybridized carbons (Fsp3) is 0.897. The van der Waals surface area contributed by atoms with Crippen LogP contribution in [0.25, 0.3) is 0 Å². The van der Waals surface area contributed by atoms with Crippen molar-refractivity contribution in [3.05, 3.63) is 12.2 Å². The molecule has 0 N–H and O–H groups in total. The molecule has 2 heteroatoms. The van der Waals surface area contributed by atoms with Crippen molar-refractivity contribution < 1.29 is 9.28 Å². The van der Waals surface area contributed by atoms with Crippen LogP contribution in [-0.4, -0.2) is 38.0 Å². The highest BCUT2D eigenvalue weighted by Gasteiger charge is 2.07. The molecule has 0 spiro atoms. The quantitative estimate of drug-likeness (QED) is 0.0837. The fourth-order valence-electron chi connectivity index (χ4n) is 4.13. The summed E-state index contributed by atoms with van der Waals surface area (Å²) in [7, 11) is 6.66. The Bertz CT molecular complexity index is 407. The lowest BCUT2D eigenvalue weighted by atomic mass is 10.0. The highest BCUT2D eigenvalue weighted by atomic mass is 16.1. The lowest BCUT2D eigenvalue weighted by molar-refractivity contribution is -0.870. The lowest BCUT2D eigenvalue weighted by Crippen LogP contribution is -2.35. The van der Waals surface area contributed by atoms with Crippen LogP contribution in [0.4, 0.5) is 0 Å². The number of unbranched alkanes of at least 4 members (excludes halogenated alkanes) is 16. The molecule has 0 rings (SSSR count). The summed E-state index contributed by atoms with van der Waals surface area (Å²) in [5, 5.41) is 0. The number of hydrogen-bond donors (Lipinski definition) is 0. The maximum Gasteiger partial charge on any atom is 0.132 e. The van der Waals surface area contributed by atoms with Crippen molar-refractivity contribution in [3.63, 3.8) is 0 Å². The number of nitrogens with zero attached hydrogens (tertiary/aromatic N) is 1. The molecule has 0 fully saturated rings. The average Bonchev–Trinajstić information content (AvgIpc) is 2.72. The van der Waals surface area contributed by atoms with Crippen molar-refractivity contribution in [2.24, 2.45) is 0 Å². The third-order valence-electron chi connectivity index (χ3n) is 6.25. The highest BCUT2D eigenvalue weighted by molar-refractivity contribution is 5.78. The minimum absolute atomic E-state index is 0.488.